The van der Waals surface area contributed by atoms with E-state index in [1.165, 1.54) is 19.2 Å². The van der Waals surface area contributed by atoms with Crippen molar-refractivity contribution in [3.8, 4) is 5.75 Å². The van der Waals surface area contributed by atoms with Gasteiger partial charge in [-0.05, 0) is 25.0 Å². The fourth-order valence-electron chi connectivity index (χ4n) is 2.51. The molecule has 2 nitrogen and oxygen atoms in total. The Morgan fingerprint density at radius 1 is 1.35 bits per heavy atom. The number of ketones is 1. The average Bonchev–Trinajstić information content (AvgIpc) is 2.76. The van der Waals surface area contributed by atoms with Crippen molar-refractivity contribution in [2.75, 3.05) is 7.11 Å². The Morgan fingerprint density at radius 3 is 2.53 bits per heavy atom. The molecule has 1 aliphatic carbocycles. The van der Waals surface area contributed by atoms with Crippen LogP contribution in [0.25, 0.3) is 0 Å². The summed E-state index contributed by atoms with van der Waals surface area (Å²) in [5.41, 5.74) is -0.190. The largest absolute Gasteiger partial charge is 0.497 e. The summed E-state index contributed by atoms with van der Waals surface area (Å²) in [5.74, 6) is -0.117. The van der Waals surface area contributed by atoms with Gasteiger partial charge in [0.25, 0.3) is 0 Å². The summed E-state index contributed by atoms with van der Waals surface area (Å²) < 4.78 is 18.7. The molecule has 0 saturated heterocycles. The Bertz CT molecular complexity index is 434. The minimum Gasteiger partial charge on any atom is -0.497 e. The second-order valence-electron chi connectivity index (χ2n) is 4.94. The predicted octanol–water partition coefficient (Wildman–Crippen LogP) is 3.60. The number of Topliss-reactive ketones (excluding diaryl/α,β-unsaturated/α-hetero) is 1. The summed E-state index contributed by atoms with van der Waals surface area (Å²) in [6.45, 7) is 1.94. The monoisotopic (exact) mass is 236 g/mol. The molecule has 1 saturated carbocycles. The Labute approximate surface area is 101 Å². The average molecular weight is 236 g/mol. The molecule has 1 aromatic rings. The van der Waals surface area contributed by atoms with Gasteiger partial charge in [-0.15, -0.1) is 0 Å². The number of rotatable bonds is 3. The molecule has 0 spiro atoms. The van der Waals surface area contributed by atoms with Crippen molar-refractivity contribution in [2.45, 2.75) is 32.6 Å². The van der Waals surface area contributed by atoms with E-state index in [0.29, 0.717) is 5.75 Å². The van der Waals surface area contributed by atoms with E-state index in [2.05, 4.69) is 0 Å². The lowest BCUT2D eigenvalue weighted by atomic mass is 9.80. The molecular formula is C14H17FO2. The van der Waals surface area contributed by atoms with Crippen molar-refractivity contribution >= 4 is 5.78 Å². The molecule has 3 heteroatoms. The van der Waals surface area contributed by atoms with Crippen molar-refractivity contribution in [1.29, 1.82) is 0 Å². The van der Waals surface area contributed by atoms with Gasteiger partial charge in [0.1, 0.15) is 11.6 Å². The number of carbonyl (C=O) groups is 1. The SMILES string of the molecule is COc1ccc(C(=O)C2(C)CCCC2)c(F)c1. The van der Waals surface area contributed by atoms with Gasteiger partial charge in [0.2, 0.25) is 0 Å². The number of benzene rings is 1. The first-order chi connectivity index (χ1) is 8.07. The van der Waals surface area contributed by atoms with Crippen LogP contribution in [0.5, 0.6) is 5.75 Å². The Balaban J connectivity index is 2.31. The Kier molecular flexibility index (Phi) is 3.18. The second kappa shape index (κ2) is 4.47. The van der Waals surface area contributed by atoms with Crippen molar-refractivity contribution in [3.05, 3.63) is 29.6 Å². The molecule has 0 amide bonds. The van der Waals surface area contributed by atoms with Gasteiger partial charge >= 0.3 is 0 Å². The highest BCUT2D eigenvalue weighted by Crippen LogP contribution is 2.40. The molecule has 2 rings (SSSR count). The standard InChI is InChI=1S/C14H17FO2/c1-14(7-3-4-8-14)13(16)11-6-5-10(17-2)9-12(11)15/h5-6,9H,3-4,7-8H2,1-2H3. The Hall–Kier alpha value is -1.38. The van der Waals surface area contributed by atoms with E-state index in [-0.39, 0.29) is 16.8 Å². The van der Waals surface area contributed by atoms with Crippen molar-refractivity contribution < 1.29 is 13.9 Å². The normalized spacial score (nSPS) is 18.1. The fraction of sp³-hybridized carbons (Fsp3) is 0.500. The van der Waals surface area contributed by atoms with Crippen LogP contribution in [-0.2, 0) is 0 Å². The van der Waals surface area contributed by atoms with Crippen LogP contribution in [0.15, 0.2) is 18.2 Å². The minimum atomic E-state index is -0.484. The van der Waals surface area contributed by atoms with Gasteiger partial charge < -0.3 is 4.74 Å². The highest BCUT2D eigenvalue weighted by Gasteiger charge is 2.37. The summed E-state index contributed by atoms with van der Waals surface area (Å²) >= 11 is 0. The quantitative estimate of drug-likeness (QED) is 0.749. The van der Waals surface area contributed by atoms with E-state index in [1.807, 2.05) is 6.92 Å². The van der Waals surface area contributed by atoms with Crippen LogP contribution >= 0.6 is 0 Å². The molecule has 0 heterocycles. The zero-order valence-corrected chi connectivity index (χ0v) is 10.3. The Morgan fingerprint density at radius 2 is 2.00 bits per heavy atom. The lowest BCUT2D eigenvalue weighted by Gasteiger charge is -2.22. The molecular weight excluding hydrogens is 219 g/mol. The van der Waals surface area contributed by atoms with Gasteiger partial charge in [-0.1, -0.05) is 19.8 Å². The van der Waals surface area contributed by atoms with E-state index in [1.54, 1.807) is 6.07 Å². The highest BCUT2D eigenvalue weighted by atomic mass is 19.1. The summed E-state index contributed by atoms with van der Waals surface area (Å²) in [7, 11) is 1.48. The molecule has 0 N–H and O–H groups in total. The molecule has 1 aliphatic rings. The summed E-state index contributed by atoms with van der Waals surface area (Å²) in [5, 5.41) is 0. The van der Waals surface area contributed by atoms with Crippen LogP contribution in [0.1, 0.15) is 43.0 Å². The topological polar surface area (TPSA) is 26.3 Å². The zero-order valence-electron chi connectivity index (χ0n) is 10.3. The third-order valence-corrected chi connectivity index (χ3v) is 3.68. The third-order valence-electron chi connectivity index (χ3n) is 3.68. The summed E-state index contributed by atoms with van der Waals surface area (Å²) in [4.78, 5) is 12.3. The van der Waals surface area contributed by atoms with Gasteiger partial charge in [-0.2, -0.15) is 0 Å². The first-order valence-electron chi connectivity index (χ1n) is 5.95. The van der Waals surface area contributed by atoms with Gasteiger partial charge in [0.05, 0.1) is 12.7 Å². The van der Waals surface area contributed by atoms with Crippen LogP contribution in [-0.4, -0.2) is 12.9 Å². The van der Waals surface area contributed by atoms with E-state index in [4.69, 9.17) is 4.74 Å². The second-order valence-corrected chi connectivity index (χ2v) is 4.94. The van der Waals surface area contributed by atoms with Crippen LogP contribution in [0.3, 0.4) is 0 Å². The van der Waals surface area contributed by atoms with E-state index >= 15 is 0 Å². The van der Waals surface area contributed by atoms with Crippen molar-refractivity contribution in [3.63, 3.8) is 0 Å². The number of carbonyl (C=O) groups excluding carboxylic acids is 1. The third kappa shape index (κ3) is 2.19. The van der Waals surface area contributed by atoms with E-state index in [9.17, 15) is 9.18 Å². The lowest BCUT2D eigenvalue weighted by Crippen LogP contribution is -2.25. The molecule has 1 aromatic carbocycles. The number of methoxy groups -OCH3 is 1. The number of hydrogen-bond donors (Lipinski definition) is 0. The van der Waals surface area contributed by atoms with Crippen LogP contribution in [0, 0.1) is 11.2 Å². The molecule has 0 aromatic heterocycles. The van der Waals surface area contributed by atoms with E-state index < -0.39 is 5.82 Å². The van der Waals surface area contributed by atoms with Crippen LogP contribution < -0.4 is 4.74 Å². The summed E-state index contributed by atoms with van der Waals surface area (Å²) in [6.07, 6.45) is 3.83. The zero-order chi connectivity index (χ0) is 12.5. The molecule has 0 atom stereocenters. The van der Waals surface area contributed by atoms with Gasteiger partial charge in [0, 0.05) is 11.5 Å². The summed E-state index contributed by atoms with van der Waals surface area (Å²) in [6, 6.07) is 4.43. The minimum absolute atomic E-state index is 0.0739. The first-order valence-corrected chi connectivity index (χ1v) is 5.95. The molecule has 0 radical (unpaired) electrons. The van der Waals surface area contributed by atoms with E-state index in [0.717, 1.165) is 25.7 Å². The maximum atomic E-state index is 13.8. The maximum absolute atomic E-state index is 13.8. The van der Waals surface area contributed by atoms with Crippen molar-refractivity contribution in [2.24, 2.45) is 5.41 Å². The fourth-order valence-corrected chi connectivity index (χ4v) is 2.51. The molecule has 0 unspecified atom stereocenters. The van der Waals surface area contributed by atoms with Crippen molar-refractivity contribution in [1.82, 2.24) is 0 Å². The smallest absolute Gasteiger partial charge is 0.171 e. The highest BCUT2D eigenvalue weighted by molar-refractivity contribution is 6.00. The maximum Gasteiger partial charge on any atom is 0.171 e. The van der Waals surface area contributed by atoms with Crippen LogP contribution in [0.2, 0.25) is 0 Å². The lowest BCUT2D eigenvalue weighted by molar-refractivity contribution is 0.0819. The van der Waals surface area contributed by atoms with Gasteiger partial charge in [-0.25, -0.2) is 4.39 Å². The molecule has 17 heavy (non-hydrogen) atoms. The number of halogens is 1. The molecule has 1 fully saturated rings. The number of ether oxygens (including phenoxy) is 1. The van der Waals surface area contributed by atoms with Gasteiger partial charge in [-0.3, -0.25) is 4.79 Å². The molecule has 0 aliphatic heterocycles. The van der Waals surface area contributed by atoms with Crippen LogP contribution in [0.4, 0.5) is 4.39 Å². The van der Waals surface area contributed by atoms with Gasteiger partial charge in [0.15, 0.2) is 5.78 Å². The first kappa shape index (κ1) is 12.1. The molecule has 92 valence electrons. The predicted molar refractivity (Wildman–Crippen MR) is 63.9 cm³/mol. The number of hydrogen-bond acceptors (Lipinski definition) is 2. The molecule has 0 bridgehead atoms.